The molecular weight excluding hydrogens is 279 g/mol. The maximum atomic E-state index is 12.7. The van der Waals surface area contributed by atoms with Crippen LogP contribution in [0, 0.1) is 10.1 Å². The Morgan fingerprint density at radius 2 is 1.85 bits per heavy atom. The van der Waals surface area contributed by atoms with Crippen LogP contribution >= 0.6 is 0 Å². The van der Waals surface area contributed by atoms with E-state index in [9.17, 15) is 23.3 Å². The molecule has 0 radical (unpaired) electrons. The Morgan fingerprint density at radius 3 is 2.40 bits per heavy atom. The van der Waals surface area contributed by atoms with E-state index in [4.69, 9.17) is 4.74 Å². The van der Waals surface area contributed by atoms with Crippen LogP contribution in [0.1, 0.15) is 5.56 Å². The molecule has 20 heavy (non-hydrogen) atoms. The number of non-ortho nitro benzene ring substituents is 1. The van der Waals surface area contributed by atoms with Gasteiger partial charge in [0.1, 0.15) is 17.6 Å². The fraction of sp³-hybridized carbons (Fsp3) is 0.0909. The highest BCUT2D eigenvalue weighted by molar-refractivity contribution is 5.38. The molecule has 0 spiro atoms. The number of hydrogen-bond donors (Lipinski definition) is 0. The maximum Gasteiger partial charge on any atom is 0.423 e. The molecule has 0 aliphatic heterocycles. The molecule has 2 aromatic rings. The molecule has 0 amide bonds. The average Bonchev–Trinajstić information content (AvgIpc) is 2.38. The van der Waals surface area contributed by atoms with Gasteiger partial charge in [-0.2, -0.15) is 13.2 Å². The molecule has 0 aliphatic carbocycles. The third-order valence-electron chi connectivity index (χ3n) is 2.24. The Labute approximate surface area is 110 Å². The van der Waals surface area contributed by atoms with Gasteiger partial charge in [0.15, 0.2) is 0 Å². The largest absolute Gasteiger partial charge is 0.438 e. The summed E-state index contributed by atoms with van der Waals surface area (Å²) in [6, 6.07) is 4.59. The summed E-state index contributed by atoms with van der Waals surface area (Å²) in [5.74, 6) is -0.666. The quantitative estimate of drug-likeness (QED) is 0.639. The van der Waals surface area contributed by atoms with Crippen LogP contribution in [0.2, 0.25) is 0 Å². The maximum absolute atomic E-state index is 12.7. The number of nitro groups is 1. The van der Waals surface area contributed by atoms with E-state index in [1.54, 1.807) is 0 Å². The van der Waals surface area contributed by atoms with Gasteiger partial charge in [-0.05, 0) is 12.1 Å². The van der Waals surface area contributed by atoms with Crippen molar-refractivity contribution < 1.29 is 22.8 Å². The third-order valence-corrected chi connectivity index (χ3v) is 2.24. The molecule has 2 rings (SSSR count). The number of rotatable bonds is 3. The number of alkyl halides is 3. The Morgan fingerprint density at radius 1 is 1.20 bits per heavy atom. The minimum atomic E-state index is -4.66. The molecule has 0 fully saturated rings. The molecule has 0 saturated heterocycles. The van der Waals surface area contributed by atoms with Gasteiger partial charge in [0.05, 0.1) is 4.92 Å². The summed E-state index contributed by atoms with van der Waals surface area (Å²) >= 11 is 0. The van der Waals surface area contributed by atoms with E-state index in [0.29, 0.717) is 6.20 Å². The summed E-state index contributed by atoms with van der Waals surface area (Å²) in [5, 5.41) is 10.5. The normalized spacial score (nSPS) is 11.2. The van der Waals surface area contributed by atoms with Crippen molar-refractivity contribution in [2.45, 2.75) is 6.18 Å². The second kappa shape index (κ2) is 5.11. The molecule has 0 unspecified atom stereocenters. The zero-order chi connectivity index (χ0) is 14.8. The number of nitro benzene ring substituents is 1. The number of halogens is 3. The SMILES string of the molecule is O=[N+]([O-])c1ccc(Oc2ncncc2C(F)(F)F)cc1. The van der Waals surface area contributed by atoms with Crippen molar-refractivity contribution in [3.63, 3.8) is 0 Å². The van der Waals surface area contributed by atoms with Gasteiger partial charge in [-0.15, -0.1) is 0 Å². The molecule has 1 aromatic heterocycles. The lowest BCUT2D eigenvalue weighted by Crippen LogP contribution is -2.08. The average molecular weight is 285 g/mol. The monoisotopic (exact) mass is 285 g/mol. The smallest absolute Gasteiger partial charge is 0.423 e. The Hall–Kier alpha value is -2.71. The molecule has 1 aromatic carbocycles. The van der Waals surface area contributed by atoms with Crippen molar-refractivity contribution in [3.8, 4) is 11.6 Å². The van der Waals surface area contributed by atoms with Crippen LogP contribution < -0.4 is 4.74 Å². The van der Waals surface area contributed by atoms with Crippen molar-refractivity contribution in [2.75, 3.05) is 0 Å². The predicted molar refractivity (Wildman–Crippen MR) is 60.2 cm³/mol. The van der Waals surface area contributed by atoms with Crippen LogP contribution in [0.4, 0.5) is 18.9 Å². The van der Waals surface area contributed by atoms with Crippen molar-refractivity contribution in [2.24, 2.45) is 0 Å². The van der Waals surface area contributed by atoms with Crippen molar-refractivity contribution in [1.29, 1.82) is 0 Å². The fourth-order valence-electron chi connectivity index (χ4n) is 1.34. The van der Waals surface area contributed by atoms with Gasteiger partial charge >= 0.3 is 6.18 Å². The number of nitrogens with zero attached hydrogens (tertiary/aromatic N) is 3. The van der Waals surface area contributed by atoms with Crippen LogP contribution in [0.5, 0.6) is 11.6 Å². The minimum Gasteiger partial charge on any atom is -0.438 e. The molecule has 1 heterocycles. The van der Waals surface area contributed by atoms with E-state index < -0.39 is 22.5 Å². The lowest BCUT2D eigenvalue weighted by molar-refractivity contribution is -0.384. The molecule has 9 heteroatoms. The van der Waals surface area contributed by atoms with Gasteiger partial charge in [0.2, 0.25) is 5.88 Å². The van der Waals surface area contributed by atoms with E-state index in [1.807, 2.05) is 0 Å². The molecule has 0 N–H and O–H groups in total. The van der Waals surface area contributed by atoms with Gasteiger partial charge in [0.25, 0.3) is 5.69 Å². The van der Waals surface area contributed by atoms with Crippen LogP contribution in [0.25, 0.3) is 0 Å². The van der Waals surface area contributed by atoms with Gasteiger partial charge in [-0.1, -0.05) is 0 Å². The number of ether oxygens (including phenoxy) is 1. The lowest BCUT2D eigenvalue weighted by Gasteiger charge is -2.11. The van der Waals surface area contributed by atoms with Crippen LogP contribution in [-0.2, 0) is 6.18 Å². The zero-order valence-electron chi connectivity index (χ0n) is 9.66. The first kappa shape index (κ1) is 13.7. The van der Waals surface area contributed by atoms with Crippen molar-refractivity contribution in [3.05, 3.63) is 52.5 Å². The highest BCUT2D eigenvalue weighted by atomic mass is 19.4. The summed E-state index contributed by atoms with van der Waals surface area (Å²) in [4.78, 5) is 16.5. The van der Waals surface area contributed by atoms with E-state index in [0.717, 1.165) is 18.5 Å². The molecule has 6 nitrogen and oxygen atoms in total. The number of aromatic nitrogens is 2. The first-order chi connectivity index (χ1) is 9.38. The standard InChI is InChI=1S/C11H6F3N3O3/c12-11(13,14)9-5-15-6-16-10(9)20-8-3-1-7(2-4-8)17(18)19/h1-6H. The summed E-state index contributed by atoms with van der Waals surface area (Å²) in [6.07, 6.45) is -3.15. The van der Waals surface area contributed by atoms with Crippen LogP contribution in [0.15, 0.2) is 36.8 Å². The van der Waals surface area contributed by atoms with Crippen LogP contribution in [-0.4, -0.2) is 14.9 Å². The first-order valence-corrected chi connectivity index (χ1v) is 5.17. The van der Waals surface area contributed by atoms with Gasteiger partial charge < -0.3 is 4.74 Å². The second-order valence-corrected chi connectivity index (χ2v) is 3.59. The van der Waals surface area contributed by atoms with E-state index in [1.165, 1.54) is 12.1 Å². The lowest BCUT2D eigenvalue weighted by atomic mass is 10.3. The van der Waals surface area contributed by atoms with Gasteiger partial charge in [-0.25, -0.2) is 9.97 Å². The second-order valence-electron chi connectivity index (χ2n) is 3.59. The van der Waals surface area contributed by atoms with Crippen molar-refractivity contribution in [1.82, 2.24) is 9.97 Å². The van der Waals surface area contributed by atoms with E-state index in [-0.39, 0.29) is 11.4 Å². The molecule has 104 valence electrons. The minimum absolute atomic E-state index is 0.000185. The van der Waals surface area contributed by atoms with Crippen LogP contribution in [0.3, 0.4) is 0 Å². The molecular formula is C11H6F3N3O3. The highest BCUT2D eigenvalue weighted by Gasteiger charge is 2.35. The van der Waals surface area contributed by atoms with Gasteiger partial charge in [0, 0.05) is 18.3 Å². The fourth-order valence-corrected chi connectivity index (χ4v) is 1.34. The van der Waals surface area contributed by atoms with E-state index >= 15 is 0 Å². The summed E-state index contributed by atoms with van der Waals surface area (Å²) < 4.78 is 43.0. The first-order valence-electron chi connectivity index (χ1n) is 5.17. The molecule has 0 saturated carbocycles. The molecule has 0 aliphatic rings. The Kier molecular flexibility index (Phi) is 3.51. The number of hydrogen-bond acceptors (Lipinski definition) is 5. The van der Waals surface area contributed by atoms with Gasteiger partial charge in [-0.3, -0.25) is 10.1 Å². The predicted octanol–water partition coefficient (Wildman–Crippen LogP) is 3.20. The Balaban J connectivity index is 2.28. The number of benzene rings is 1. The zero-order valence-corrected chi connectivity index (χ0v) is 9.66. The third kappa shape index (κ3) is 2.99. The summed E-state index contributed by atoms with van der Waals surface area (Å²) in [7, 11) is 0. The molecule has 0 bridgehead atoms. The summed E-state index contributed by atoms with van der Waals surface area (Å²) in [6.45, 7) is 0. The molecule has 0 atom stereocenters. The van der Waals surface area contributed by atoms with E-state index in [2.05, 4.69) is 9.97 Å². The Bertz CT molecular complexity index is 629. The van der Waals surface area contributed by atoms with Crippen molar-refractivity contribution >= 4 is 5.69 Å². The summed E-state index contributed by atoms with van der Waals surface area (Å²) in [5.41, 5.74) is -1.32. The topological polar surface area (TPSA) is 78.2 Å². The highest BCUT2D eigenvalue weighted by Crippen LogP contribution is 2.36.